The smallest absolute Gasteiger partial charge is 0.261 e. The standard InChI is InChI=1S/C22H33NO3Si/c1-22(2,3)27(4,5)26-17-12-8-10-16(11-9-13-17)23-20(24)18-14-6-7-15-19(18)21(23)25/h6-7,14-17H,8-13H2,1-5H3/t16-,17-. The van der Waals surface area contributed by atoms with Crippen LogP contribution in [0.15, 0.2) is 24.3 Å². The van der Waals surface area contributed by atoms with E-state index in [0.29, 0.717) is 17.2 Å². The van der Waals surface area contributed by atoms with E-state index in [4.69, 9.17) is 4.43 Å². The maximum atomic E-state index is 12.8. The number of benzene rings is 1. The molecule has 5 heteroatoms. The molecule has 0 aromatic heterocycles. The second-order valence-corrected chi connectivity index (χ2v) is 14.3. The number of imide groups is 1. The molecule has 0 bridgehead atoms. The summed E-state index contributed by atoms with van der Waals surface area (Å²) in [6.45, 7) is 11.5. The molecule has 0 atom stereocenters. The fourth-order valence-electron chi connectivity index (χ4n) is 3.96. The summed E-state index contributed by atoms with van der Waals surface area (Å²) in [5.74, 6) is -0.231. The quantitative estimate of drug-likeness (QED) is 0.515. The molecule has 1 aliphatic carbocycles. The molecule has 0 radical (unpaired) electrons. The van der Waals surface area contributed by atoms with Gasteiger partial charge < -0.3 is 4.43 Å². The Morgan fingerprint density at radius 2 is 1.41 bits per heavy atom. The first-order valence-electron chi connectivity index (χ1n) is 10.3. The van der Waals surface area contributed by atoms with Crippen LogP contribution >= 0.6 is 0 Å². The van der Waals surface area contributed by atoms with Gasteiger partial charge in [0.1, 0.15) is 0 Å². The molecule has 0 N–H and O–H groups in total. The molecule has 0 unspecified atom stereocenters. The Labute approximate surface area is 164 Å². The van der Waals surface area contributed by atoms with Crippen LogP contribution in [0.4, 0.5) is 0 Å². The van der Waals surface area contributed by atoms with Crippen molar-refractivity contribution in [3.8, 4) is 0 Å². The third-order valence-electron chi connectivity index (χ3n) is 6.59. The highest BCUT2D eigenvalue weighted by Crippen LogP contribution is 2.39. The molecule has 1 fully saturated rings. The van der Waals surface area contributed by atoms with Crippen molar-refractivity contribution >= 4 is 20.1 Å². The van der Waals surface area contributed by atoms with Gasteiger partial charge in [0, 0.05) is 12.1 Å². The van der Waals surface area contributed by atoms with Gasteiger partial charge in [0.05, 0.1) is 11.1 Å². The van der Waals surface area contributed by atoms with Gasteiger partial charge in [-0.05, 0) is 68.8 Å². The summed E-state index contributed by atoms with van der Waals surface area (Å²) < 4.78 is 6.62. The van der Waals surface area contributed by atoms with Crippen molar-refractivity contribution in [3.63, 3.8) is 0 Å². The van der Waals surface area contributed by atoms with Gasteiger partial charge in [0.15, 0.2) is 8.32 Å². The van der Waals surface area contributed by atoms with Crippen LogP contribution in [0.3, 0.4) is 0 Å². The SMILES string of the molecule is CC(C)(C)[Si](C)(C)O[C@H]1CCC[C@H](N2C(=O)c3ccccc3C2=O)CCC1. The van der Waals surface area contributed by atoms with Crippen LogP contribution in [0.5, 0.6) is 0 Å². The molecule has 1 aromatic rings. The largest absolute Gasteiger partial charge is 0.414 e. The maximum Gasteiger partial charge on any atom is 0.261 e. The number of carbonyl (C=O) groups is 2. The Bertz CT molecular complexity index is 678. The molecule has 1 aliphatic heterocycles. The van der Waals surface area contributed by atoms with Crippen molar-refractivity contribution in [1.82, 2.24) is 4.90 Å². The molecule has 4 nitrogen and oxygen atoms in total. The van der Waals surface area contributed by atoms with Gasteiger partial charge >= 0.3 is 0 Å². The fraction of sp³-hybridized carbons (Fsp3) is 0.636. The summed E-state index contributed by atoms with van der Waals surface area (Å²) >= 11 is 0. The van der Waals surface area contributed by atoms with E-state index in [0.717, 1.165) is 38.5 Å². The third-order valence-corrected chi connectivity index (χ3v) is 11.1. The number of nitrogens with zero attached hydrogens (tertiary/aromatic N) is 1. The minimum Gasteiger partial charge on any atom is -0.414 e. The average molecular weight is 388 g/mol. The van der Waals surface area contributed by atoms with Crippen molar-refractivity contribution in [3.05, 3.63) is 35.4 Å². The Balaban J connectivity index is 1.63. The Morgan fingerprint density at radius 3 is 1.85 bits per heavy atom. The van der Waals surface area contributed by atoms with E-state index in [9.17, 15) is 9.59 Å². The highest BCUT2D eigenvalue weighted by Gasteiger charge is 2.41. The van der Waals surface area contributed by atoms with E-state index in [2.05, 4.69) is 33.9 Å². The van der Waals surface area contributed by atoms with E-state index in [1.165, 1.54) is 4.90 Å². The van der Waals surface area contributed by atoms with E-state index < -0.39 is 8.32 Å². The summed E-state index contributed by atoms with van der Waals surface area (Å²) in [4.78, 5) is 27.0. The van der Waals surface area contributed by atoms with Gasteiger partial charge in [0.2, 0.25) is 0 Å². The Hall–Kier alpha value is -1.46. The van der Waals surface area contributed by atoms with E-state index >= 15 is 0 Å². The van der Waals surface area contributed by atoms with Crippen LogP contribution in [-0.2, 0) is 4.43 Å². The summed E-state index contributed by atoms with van der Waals surface area (Å²) in [6.07, 6.45) is 6.10. The third kappa shape index (κ3) is 4.04. The highest BCUT2D eigenvalue weighted by atomic mass is 28.4. The van der Waals surface area contributed by atoms with Crippen LogP contribution in [0, 0.1) is 0 Å². The first-order valence-corrected chi connectivity index (χ1v) is 13.2. The fourth-order valence-corrected chi connectivity index (χ4v) is 5.38. The van der Waals surface area contributed by atoms with Crippen molar-refractivity contribution in [2.75, 3.05) is 0 Å². The monoisotopic (exact) mass is 387 g/mol. The Kier molecular flexibility index (Phi) is 5.64. The number of hydrogen-bond donors (Lipinski definition) is 0. The highest BCUT2D eigenvalue weighted by molar-refractivity contribution is 6.74. The second kappa shape index (κ2) is 7.51. The lowest BCUT2D eigenvalue weighted by Crippen LogP contribution is -2.45. The topological polar surface area (TPSA) is 46.6 Å². The number of hydrogen-bond acceptors (Lipinski definition) is 3. The number of fused-ring (bicyclic) bond motifs is 1. The lowest BCUT2D eigenvalue weighted by atomic mass is 9.94. The van der Waals surface area contributed by atoms with Crippen LogP contribution in [0.2, 0.25) is 18.1 Å². The normalized spacial score (nSPS) is 24.6. The molecule has 3 rings (SSSR count). The van der Waals surface area contributed by atoms with Gasteiger partial charge in [0.25, 0.3) is 11.8 Å². The van der Waals surface area contributed by atoms with Crippen molar-refractivity contribution in [1.29, 1.82) is 0 Å². The number of amides is 2. The van der Waals surface area contributed by atoms with Gasteiger partial charge in [-0.2, -0.15) is 0 Å². The van der Waals surface area contributed by atoms with Gasteiger partial charge in [-0.25, -0.2) is 0 Å². The molecule has 148 valence electrons. The molecule has 1 heterocycles. The zero-order valence-electron chi connectivity index (χ0n) is 17.4. The maximum absolute atomic E-state index is 12.8. The predicted molar refractivity (Wildman–Crippen MR) is 111 cm³/mol. The summed E-state index contributed by atoms with van der Waals surface area (Å²) in [6, 6.07) is 7.21. The van der Waals surface area contributed by atoms with Gasteiger partial charge in [-0.3, -0.25) is 14.5 Å². The molecule has 27 heavy (non-hydrogen) atoms. The Morgan fingerprint density at radius 1 is 0.926 bits per heavy atom. The molecular formula is C22H33NO3Si. The van der Waals surface area contributed by atoms with Crippen molar-refractivity contribution < 1.29 is 14.0 Å². The van der Waals surface area contributed by atoms with Crippen LogP contribution in [0.25, 0.3) is 0 Å². The molecule has 0 saturated heterocycles. The zero-order chi connectivity index (χ0) is 19.8. The predicted octanol–water partition coefficient (Wildman–Crippen LogP) is 5.40. The number of rotatable bonds is 3. The summed E-state index contributed by atoms with van der Waals surface area (Å²) in [5, 5.41) is 0.220. The molecule has 2 amide bonds. The van der Waals surface area contributed by atoms with Crippen LogP contribution in [0.1, 0.15) is 80.0 Å². The summed E-state index contributed by atoms with van der Waals surface area (Å²) in [5.41, 5.74) is 1.12. The van der Waals surface area contributed by atoms with Crippen molar-refractivity contribution in [2.24, 2.45) is 0 Å². The lowest BCUT2D eigenvalue weighted by molar-refractivity contribution is 0.0540. The second-order valence-electron chi connectivity index (χ2n) is 9.54. The molecule has 1 aromatic carbocycles. The van der Waals surface area contributed by atoms with E-state index in [-0.39, 0.29) is 22.9 Å². The zero-order valence-corrected chi connectivity index (χ0v) is 18.4. The van der Waals surface area contributed by atoms with E-state index in [1.807, 2.05) is 12.1 Å². The number of carbonyl (C=O) groups excluding carboxylic acids is 2. The molecule has 1 saturated carbocycles. The minimum absolute atomic E-state index is 0.0196. The first kappa shape index (κ1) is 20.3. The van der Waals surface area contributed by atoms with Crippen LogP contribution in [-0.4, -0.2) is 37.2 Å². The van der Waals surface area contributed by atoms with Gasteiger partial charge in [-0.1, -0.05) is 32.9 Å². The van der Waals surface area contributed by atoms with E-state index in [1.54, 1.807) is 12.1 Å². The molecule has 0 spiro atoms. The average Bonchev–Trinajstić information content (AvgIpc) is 2.81. The minimum atomic E-state index is -1.76. The molecular weight excluding hydrogens is 354 g/mol. The summed E-state index contributed by atoms with van der Waals surface area (Å²) in [7, 11) is -1.76. The van der Waals surface area contributed by atoms with Gasteiger partial charge in [-0.15, -0.1) is 0 Å². The van der Waals surface area contributed by atoms with Crippen molar-refractivity contribution in [2.45, 2.75) is 89.6 Å². The first-order chi connectivity index (χ1) is 12.6. The van der Waals surface area contributed by atoms with Crippen LogP contribution < -0.4 is 0 Å². The lowest BCUT2D eigenvalue weighted by Gasteiger charge is -2.40. The molecule has 2 aliphatic rings.